The van der Waals surface area contributed by atoms with Gasteiger partial charge in [-0.2, -0.15) is 5.10 Å². The van der Waals surface area contributed by atoms with Gasteiger partial charge in [0.1, 0.15) is 11.4 Å². The molecule has 6 aromatic rings. The summed E-state index contributed by atoms with van der Waals surface area (Å²) in [5.41, 5.74) is 5.85. The minimum atomic E-state index is -0.468. The average molecular weight is 506 g/mol. The molecule has 1 saturated heterocycles. The van der Waals surface area contributed by atoms with E-state index in [1.165, 1.54) is 19.3 Å². The Balaban J connectivity index is 1.29. The average Bonchev–Trinajstić information content (AvgIpc) is 3.59. The van der Waals surface area contributed by atoms with Crippen LogP contribution in [0.1, 0.15) is 24.8 Å². The lowest BCUT2D eigenvalue weighted by atomic mass is 10.1. The van der Waals surface area contributed by atoms with Gasteiger partial charge in [-0.05, 0) is 49.7 Å². The Bertz CT molecular complexity index is 1750. The second-order valence-corrected chi connectivity index (χ2v) is 9.58. The van der Waals surface area contributed by atoms with E-state index in [-0.39, 0.29) is 5.69 Å². The minimum Gasteiger partial charge on any atom is -0.335 e. The molecule has 0 unspecified atom stereocenters. The van der Waals surface area contributed by atoms with Crippen LogP contribution in [0, 0.1) is 5.82 Å². The third kappa shape index (κ3) is 3.99. The van der Waals surface area contributed by atoms with Crippen molar-refractivity contribution in [3.05, 3.63) is 72.8 Å². The van der Waals surface area contributed by atoms with Crippen molar-refractivity contribution in [2.45, 2.75) is 25.8 Å². The number of hydrogen-bond acceptors (Lipinski definition) is 7. The molecule has 6 aromatic heterocycles. The molecule has 0 amide bonds. The van der Waals surface area contributed by atoms with Gasteiger partial charge in [0.15, 0.2) is 17.3 Å². The summed E-state index contributed by atoms with van der Waals surface area (Å²) in [5, 5.41) is 7.61. The molecule has 1 fully saturated rings. The van der Waals surface area contributed by atoms with E-state index in [1.54, 1.807) is 31.0 Å². The summed E-state index contributed by atoms with van der Waals surface area (Å²) in [6.07, 6.45) is 14.0. The number of fused-ring (bicyclic) bond motifs is 2. The summed E-state index contributed by atoms with van der Waals surface area (Å²) in [7, 11) is 0. The number of rotatable bonds is 5. The third-order valence-corrected chi connectivity index (χ3v) is 7.06. The number of imidazole rings is 1. The molecule has 0 bridgehead atoms. The zero-order valence-electron chi connectivity index (χ0n) is 20.5. The first kappa shape index (κ1) is 22.6. The SMILES string of the molecule is Fc1c(-c2cncc(CN3CCCCC3)c2)ncc2[nH]nc(-c3nc4nccc(-c5cccnc5)c4[nH]3)c12. The Labute approximate surface area is 217 Å². The molecule has 1 aliphatic rings. The molecule has 10 heteroatoms. The molecule has 0 radical (unpaired) electrons. The van der Waals surface area contributed by atoms with Crippen LogP contribution in [0.25, 0.3) is 56.0 Å². The molecule has 188 valence electrons. The van der Waals surface area contributed by atoms with E-state index in [2.05, 4.69) is 45.0 Å². The highest BCUT2D eigenvalue weighted by Gasteiger charge is 2.22. The number of nitrogens with one attached hydrogen (secondary N) is 2. The molecule has 7 rings (SSSR count). The summed E-state index contributed by atoms with van der Waals surface area (Å²) in [6, 6.07) is 7.72. The van der Waals surface area contributed by atoms with Crippen molar-refractivity contribution in [3.8, 4) is 33.9 Å². The lowest BCUT2D eigenvalue weighted by Gasteiger charge is -2.26. The van der Waals surface area contributed by atoms with Gasteiger partial charge in [0.2, 0.25) is 0 Å². The van der Waals surface area contributed by atoms with Gasteiger partial charge in [-0.15, -0.1) is 0 Å². The molecule has 0 aromatic carbocycles. The number of aromatic amines is 2. The van der Waals surface area contributed by atoms with Gasteiger partial charge in [-0.3, -0.25) is 25.0 Å². The summed E-state index contributed by atoms with van der Waals surface area (Å²) < 4.78 is 16.1. The second-order valence-electron chi connectivity index (χ2n) is 9.58. The molecule has 0 spiro atoms. The Kier molecular flexibility index (Phi) is 5.58. The molecular weight excluding hydrogens is 481 g/mol. The van der Waals surface area contributed by atoms with Gasteiger partial charge >= 0.3 is 0 Å². The number of hydrogen-bond donors (Lipinski definition) is 2. The van der Waals surface area contributed by atoms with Crippen molar-refractivity contribution < 1.29 is 4.39 Å². The van der Waals surface area contributed by atoms with Crippen molar-refractivity contribution in [2.75, 3.05) is 13.1 Å². The van der Waals surface area contributed by atoms with Crippen molar-refractivity contribution >= 4 is 22.1 Å². The molecule has 1 aliphatic heterocycles. The highest BCUT2D eigenvalue weighted by Crippen LogP contribution is 2.34. The maximum atomic E-state index is 16.1. The highest BCUT2D eigenvalue weighted by molar-refractivity contribution is 5.97. The van der Waals surface area contributed by atoms with Crippen LogP contribution in [0.4, 0.5) is 4.39 Å². The van der Waals surface area contributed by atoms with Crippen LogP contribution in [-0.4, -0.2) is 58.1 Å². The number of aromatic nitrogens is 8. The number of piperidine rings is 1. The van der Waals surface area contributed by atoms with Gasteiger partial charge in [0, 0.05) is 54.2 Å². The predicted molar refractivity (Wildman–Crippen MR) is 142 cm³/mol. The van der Waals surface area contributed by atoms with Crippen LogP contribution in [-0.2, 0) is 6.54 Å². The van der Waals surface area contributed by atoms with Crippen molar-refractivity contribution in [2.24, 2.45) is 0 Å². The van der Waals surface area contributed by atoms with Crippen LogP contribution < -0.4 is 0 Å². The molecule has 38 heavy (non-hydrogen) atoms. The first-order valence-corrected chi connectivity index (χ1v) is 12.7. The van der Waals surface area contributed by atoms with Crippen molar-refractivity contribution in [3.63, 3.8) is 0 Å². The fraction of sp³-hybridized carbons (Fsp3) is 0.214. The number of pyridine rings is 4. The zero-order valence-corrected chi connectivity index (χ0v) is 20.5. The molecule has 0 aliphatic carbocycles. The summed E-state index contributed by atoms with van der Waals surface area (Å²) in [6.45, 7) is 2.96. The monoisotopic (exact) mass is 505 g/mol. The van der Waals surface area contributed by atoms with Gasteiger partial charge in [0.05, 0.1) is 22.6 Å². The number of halogens is 1. The standard InChI is InChI=1S/C28H24FN9/c29-23-22-21(15-33-24(23)19-11-17(12-31-14-19)16-38-9-2-1-3-10-38)36-37-26(22)28-34-25-20(6-8-32-27(25)35-28)18-5-4-7-30-13-18/h4-8,11-15H,1-3,9-10,16H2,(H,36,37)(H,32,34,35). The molecule has 0 saturated carbocycles. The topological polar surface area (TPSA) is 112 Å². The second kappa shape index (κ2) is 9.38. The Morgan fingerprint density at radius 3 is 2.66 bits per heavy atom. The number of H-pyrrole nitrogens is 2. The number of likely N-dealkylation sites (tertiary alicyclic amines) is 1. The smallest absolute Gasteiger partial charge is 0.178 e. The molecule has 9 nitrogen and oxygen atoms in total. The first-order valence-electron chi connectivity index (χ1n) is 12.7. The molecular formula is C28H24FN9. The van der Waals surface area contributed by atoms with Gasteiger partial charge in [-0.25, -0.2) is 14.4 Å². The lowest BCUT2D eigenvalue weighted by Crippen LogP contribution is -2.29. The van der Waals surface area contributed by atoms with Gasteiger partial charge in [-0.1, -0.05) is 12.5 Å². The maximum Gasteiger partial charge on any atom is 0.178 e. The first-order chi connectivity index (χ1) is 18.7. The van der Waals surface area contributed by atoms with Crippen LogP contribution in [0.15, 0.2) is 61.4 Å². The van der Waals surface area contributed by atoms with E-state index in [4.69, 9.17) is 0 Å². The van der Waals surface area contributed by atoms with E-state index in [0.717, 1.165) is 41.8 Å². The Morgan fingerprint density at radius 2 is 1.79 bits per heavy atom. The number of nitrogens with zero attached hydrogens (tertiary/aromatic N) is 7. The molecule has 7 heterocycles. The fourth-order valence-corrected chi connectivity index (χ4v) is 5.21. The van der Waals surface area contributed by atoms with Crippen molar-refractivity contribution in [1.82, 2.24) is 45.0 Å². The van der Waals surface area contributed by atoms with Gasteiger partial charge < -0.3 is 4.98 Å². The fourth-order valence-electron chi connectivity index (χ4n) is 5.21. The third-order valence-electron chi connectivity index (χ3n) is 7.06. The van der Waals surface area contributed by atoms with Crippen molar-refractivity contribution in [1.29, 1.82) is 0 Å². The predicted octanol–water partition coefficient (Wildman–Crippen LogP) is 5.15. The van der Waals surface area contributed by atoms with E-state index in [9.17, 15) is 0 Å². The van der Waals surface area contributed by atoms with E-state index < -0.39 is 5.82 Å². The lowest BCUT2D eigenvalue weighted by molar-refractivity contribution is 0.220. The van der Waals surface area contributed by atoms with E-state index in [1.807, 2.05) is 30.5 Å². The minimum absolute atomic E-state index is 0.235. The van der Waals surface area contributed by atoms with Crippen LogP contribution in [0.5, 0.6) is 0 Å². The normalized spacial score (nSPS) is 14.4. The summed E-state index contributed by atoms with van der Waals surface area (Å²) in [4.78, 5) is 27.8. The van der Waals surface area contributed by atoms with E-state index in [0.29, 0.717) is 33.6 Å². The maximum absolute atomic E-state index is 16.1. The summed E-state index contributed by atoms with van der Waals surface area (Å²) in [5.74, 6) is -0.0489. The molecule has 2 N–H and O–H groups in total. The van der Waals surface area contributed by atoms with Crippen LogP contribution >= 0.6 is 0 Å². The van der Waals surface area contributed by atoms with Crippen LogP contribution in [0.3, 0.4) is 0 Å². The van der Waals surface area contributed by atoms with E-state index >= 15 is 4.39 Å². The zero-order chi connectivity index (χ0) is 25.5. The Morgan fingerprint density at radius 1 is 0.895 bits per heavy atom. The Hall–Kier alpha value is -4.57. The summed E-state index contributed by atoms with van der Waals surface area (Å²) >= 11 is 0. The molecule has 0 atom stereocenters. The quantitative estimate of drug-likeness (QED) is 0.333. The van der Waals surface area contributed by atoms with Gasteiger partial charge in [0.25, 0.3) is 0 Å². The highest BCUT2D eigenvalue weighted by atomic mass is 19.1. The largest absolute Gasteiger partial charge is 0.335 e. The van der Waals surface area contributed by atoms with Crippen LogP contribution in [0.2, 0.25) is 0 Å².